The lowest BCUT2D eigenvalue weighted by molar-refractivity contribution is -0.277. The number of nitrogens with one attached hydrogen (secondary N) is 1. The van der Waals surface area contributed by atoms with E-state index in [9.17, 15) is 65.1 Å². The summed E-state index contributed by atoms with van der Waals surface area (Å²) >= 11 is 0. The minimum absolute atomic E-state index is 0.0340. The molecule has 0 radical (unpaired) electrons. The third-order valence-electron chi connectivity index (χ3n) is 11.5. The van der Waals surface area contributed by atoms with Crippen LogP contribution in [0.25, 0.3) is 0 Å². The van der Waals surface area contributed by atoms with Crippen LogP contribution in [-0.2, 0) is 36.8 Å². The van der Waals surface area contributed by atoms with Gasteiger partial charge in [-0.15, -0.1) is 0 Å². The van der Waals surface area contributed by atoms with Gasteiger partial charge in [-0.2, -0.15) is 0 Å². The number of methoxy groups -OCH3 is 1. The first kappa shape index (κ1) is 43.8. The molecule has 3 aromatic rings. The van der Waals surface area contributed by atoms with E-state index in [1.807, 2.05) is 0 Å². The number of ketones is 3. The predicted molar refractivity (Wildman–Crippen MR) is 202 cm³/mol. The van der Waals surface area contributed by atoms with Crippen LogP contribution in [0.3, 0.4) is 0 Å². The van der Waals surface area contributed by atoms with E-state index in [-0.39, 0.29) is 46.8 Å². The molecule has 2 heterocycles. The summed E-state index contributed by atoms with van der Waals surface area (Å²) in [7, 11) is 1.29. The van der Waals surface area contributed by atoms with E-state index in [4.69, 9.17) is 28.4 Å². The van der Waals surface area contributed by atoms with E-state index < -0.39 is 139 Å². The number of benzene rings is 3. The lowest BCUT2D eigenvalue weighted by Gasteiger charge is -2.42. The number of hydrogen-bond acceptors (Lipinski definition) is 19. The average molecular weight is 856 g/mol. The standard InChI is InChI=1S/C41H45NO19/c1-16-31(46)21(42-40(54)57-15-17-6-8-18(9-7-17)59-39-38(53)37(52)34(49)24(13-43)61-39)10-26(58-16)60-23-12-41(55,25(45)14-44)11-20-28(23)36(51)30-29(33(20)48)32(47)19-4-3-5-22(56-2)27(19)35(30)50/h3-9,16,21,23-24,26,31,34,37-39,43-44,46,48-49,51-53,55H,10-15H2,1-2H3,(H,42,54)/t16-,21-,23-,24+,26-,31+,34-,37-,38+,39+,41-/m0/s1. The van der Waals surface area contributed by atoms with Gasteiger partial charge in [0, 0.05) is 36.0 Å². The third-order valence-corrected chi connectivity index (χ3v) is 11.5. The van der Waals surface area contributed by atoms with Crippen LogP contribution in [0.2, 0.25) is 0 Å². The fourth-order valence-corrected chi connectivity index (χ4v) is 8.16. The summed E-state index contributed by atoms with van der Waals surface area (Å²) < 4.78 is 33.7. The van der Waals surface area contributed by atoms with Crippen LogP contribution in [0, 0.1) is 0 Å². The first-order valence-corrected chi connectivity index (χ1v) is 19.2. The van der Waals surface area contributed by atoms with E-state index in [1.54, 1.807) is 0 Å². The van der Waals surface area contributed by atoms with Gasteiger partial charge in [-0.3, -0.25) is 14.4 Å². The van der Waals surface area contributed by atoms with Crippen molar-refractivity contribution in [2.24, 2.45) is 0 Å². The first-order valence-electron chi connectivity index (χ1n) is 19.2. The molecule has 4 aliphatic rings. The lowest BCUT2D eigenvalue weighted by atomic mass is 9.72. The number of carbonyl (C=O) groups excluding carboxylic acids is 4. The molecule has 328 valence electrons. The molecule has 0 bridgehead atoms. The minimum Gasteiger partial charge on any atom is -0.507 e. The Morgan fingerprint density at radius 2 is 1.59 bits per heavy atom. The molecule has 2 fully saturated rings. The van der Waals surface area contributed by atoms with E-state index in [0.29, 0.717) is 5.56 Å². The number of alkyl carbamates (subject to hydrolysis) is 1. The van der Waals surface area contributed by atoms with Gasteiger partial charge in [0.15, 0.2) is 17.9 Å². The van der Waals surface area contributed by atoms with E-state index in [2.05, 4.69) is 5.32 Å². The maximum absolute atomic E-state index is 14.0. The van der Waals surface area contributed by atoms with Crippen LogP contribution in [-0.4, -0.2) is 151 Å². The van der Waals surface area contributed by atoms with Crippen LogP contribution >= 0.6 is 0 Å². The van der Waals surface area contributed by atoms with Crippen molar-refractivity contribution in [2.45, 2.75) is 99.7 Å². The summed E-state index contributed by atoms with van der Waals surface area (Å²) in [4.78, 5) is 53.7. The summed E-state index contributed by atoms with van der Waals surface area (Å²) in [5, 5.41) is 97.9. The summed E-state index contributed by atoms with van der Waals surface area (Å²) in [5.74, 6) is -4.10. The van der Waals surface area contributed by atoms with Crippen LogP contribution in [0.4, 0.5) is 4.79 Å². The van der Waals surface area contributed by atoms with Gasteiger partial charge in [0.05, 0.1) is 48.7 Å². The first-order chi connectivity index (χ1) is 29.0. The van der Waals surface area contributed by atoms with Gasteiger partial charge in [0.25, 0.3) is 0 Å². The number of aliphatic hydroxyl groups is 7. The van der Waals surface area contributed by atoms with Gasteiger partial charge in [0.1, 0.15) is 72.3 Å². The van der Waals surface area contributed by atoms with Crippen molar-refractivity contribution < 1.29 is 93.6 Å². The van der Waals surface area contributed by atoms with Crippen LogP contribution < -0.4 is 14.8 Å². The van der Waals surface area contributed by atoms with E-state index in [1.165, 1.54) is 56.5 Å². The van der Waals surface area contributed by atoms with Crippen LogP contribution in [0.15, 0.2) is 42.5 Å². The minimum atomic E-state index is -2.39. The van der Waals surface area contributed by atoms with Crippen molar-refractivity contribution >= 4 is 23.4 Å². The number of aliphatic hydroxyl groups excluding tert-OH is 6. The third kappa shape index (κ3) is 8.03. The average Bonchev–Trinajstić information content (AvgIpc) is 3.24. The largest absolute Gasteiger partial charge is 0.507 e. The smallest absolute Gasteiger partial charge is 0.407 e. The van der Waals surface area contributed by atoms with Crippen molar-refractivity contribution in [2.75, 3.05) is 20.3 Å². The lowest BCUT2D eigenvalue weighted by Crippen LogP contribution is -2.60. The monoisotopic (exact) mass is 855 g/mol. The second-order valence-corrected chi connectivity index (χ2v) is 15.3. The van der Waals surface area contributed by atoms with Gasteiger partial charge >= 0.3 is 6.09 Å². The number of hydrogen-bond donors (Lipinski definition) is 10. The highest BCUT2D eigenvalue weighted by Crippen LogP contribution is 2.52. The summed E-state index contributed by atoms with van der Waals surface area (Å²) in [6.45, 7) is -0.533. The molecule has 2 aliphatic heterocycles. The molecule has 10 N–H and O–H groups in total. The molecule has 3 aromatic carbocycles. The number of aromatic hydroxyl groups is 2. The zero-order valence-electron chi connectivity index (χ0n) is 32.7. The second kappa shape index (κ2) is 17.2. The number of phenolic OH excluding ortho intramolecular Hbond substituents is 2. The van der Waals surface area contributed by atoms with E-state index in [0.717, 1.165) is 0 Å². The number of Topliss-reactive ketones (excluding diaryl/α,β-unsaturated/α-hetero) is 1. The van der Waals surface area contributed by atoms with Crippen molar-refractivity contribution in [1.82, 2.24) is 5.32 Å². The molecule has 61 heavy (non-hydrogen) atoms. The number of ether oxygens (including phenoxy) is 6. The summed E-state index contributed by atoms with van der Waals surface area (Å²) in [6, 6.07) is 9.13. The molecule has 2 aliphatic carbocycles. The SMILES string of the molecule is COc1cccc2c1C(=O)c1c(O)c3c(c(O)c1C2=O)C[C@@](O)(C(=O)CO)C[C@@H]3O[C@H]1C[C@H](NC(=O)OCc2ccc(O[C@@H]3O[C@H](CO)[C@H](O)[C@H](O)[C@H]3O)cc2)[C@H](O)[C@H](C)O1. The molecule has 0 unspecified atom stereocenters. The molecule has 1 amide bonds. The summed E-state index contributed by atoms with van der Waals surface area (Å²) in [5.41, 5.74) is -3.83. The van der Waals surface area contributed by atoms with Crippen LogP contribution in [0.5, 0.6) is 23.0 Å². The van der Waals surface area contributed by atoms with Crippen molar-refractivity contribution in [3.05, 3.63) is 81.4 Å². The Labute approximate surface area is 346 Å². The fourth-order valence-electron chi connectivity index (χ4n) is 8.16. The Morgan fingerprint density at radius 3 is 2.26 bits per heavy atom. The van der Waals surface area contributed by atoms with Crippen LogP contribution in [0.1, 0.15) is 74.4 Å². The molecular weight excluding hydrogens is 810 g/mol. The van der Waals surface area contributed by atoms with Gasteiger partial charge in [0.2, 0.25) is 12.1 Å². The Morgan fingerprint density at radius 1 is 0.885 bits per heavy atom. The number of amides is 1. The molecule has 0 saturated carbocycles. The van der Waals surface area contributed by atoms with Crippen molar-refractivity contribution in [1.29, 1.82) is 0 Å². The topological polar surface area (TPSA) is 318 Å². The number of rotatable bonds is 11. The Bertz CT molecular complexity index is 2190. The molecular formula is C41H45NO19. The Hall–Kier alpha value is -5.26. The van der Waals surface area contributed by atoms with Crippen molar-refractivity contribution in [3.8, 4) is 23.0 Å². The normalized spacial score (nSPS) is 30.7. The molecule has 11 atom stereocenters. The van der Waals surface area contributed by atoms with Gasteiger partial charge < -0.3 is 79.7 Å². The Balaban J connectivity index is 1.06. The summed E-state index contributed by atoms with van der Waals surface area (Å²) in [6.07, 6.45) is -15.1. The molecule has 7 rings (SSSR count). The van der Waals surface area contributed by atoms with Gasteiger partial charge in [-0.25, -0.2) is 4.79 Å². The van der Waals surface area contributed by atoms with Gasteiger partial charge in [-0.1, -0.05) is 24.3 Å². The number of carbonyl (C=O) groups is 4. The number of fused-ring (bicyclic) bond motifs is 3. The highest BCUT2D eigenvalue weighted by atomic mass is 16.7. The van der Waals surface area contributed by atoms with Gasteiger partial charge in [-0.05, 0) is 30.7 Å². The maximum atomic E-state index is 14.0. The van der Waals surface area contributed by atoms with Crippen molar-refractivity contribution in [3.63, 3.8) is 0 Å². The zero-order valence-corrected chi connectivity index (χ0v) is 32.7. The zero-order chi connectivity index (χ0) is 44.1. The maximum Gasteiger partial charge on any atom is 0.407 e. The molecule has 0 aromatic heterocycles. The molecule has 0 spiro atoms. The second-order valence-electron chi connectivity index (χ2n) is 15.3. The highest BCUT2D eigenvalue weighted by molar-refractivity contribution is 6.31. The fraction of sp³-hybridized carbons (Fsp3) is 0.463. The molecule has 20 nitrogen and oxygen atoms in total. The quantitative estimate of drug-likeness (QED) is 0.0821. The predicted octanol–water partition coefficient (Wildman–Crippen LogP) is -0.852. The molecule has 20 heteroatoms. The highest BCUT2D eigenvalue weighted by Gasteiger charge is 2.51. The van der Waals surface area contributed by atoms with E-state index >= 15 is 0 Å². The molecule has 2 saturated heterocycles. The number of phenols is 2. The Kier molecular flexibility index (Phi) is 12.4.